The highest BCUT2D eigenvalue weighted by molar-refractivity contribution is 5.99. The van der Waals surface area contributed by atoms with Crippen LogP contribution in [0.2, 0.25) is 0 Å². The van der Waals surface area contributed by atoms with Gasteiger partial charge in [-0.2, -0.15) is 18.3 Å². The molecule has 0 radical (unpaired) electrons. The Bertz CT molecular complexity index is 1250. The molecule has 178 valence electrons. The zero-order valence-corrected chi connectivity index (χ0v) is 18.2. The third-order valence-electron chi connectivity index (χ3n) is 7.16. The van der Waals surface area contributed by atoms with Gasteiger partial charge in [-0.05, 0) is 31.4 Å². The summed E-state index contributed by atoms with van der Waals surface area (Å²) in [6, 6.07) is 2.03. The quantitative estimate of drug-likeness (QED) is 0.578. The summed E-state index contributed by atoms with van der Waals surface area (Å²) in [5, 5.41) is 4.40. The average Bonchev–Trinajstić information content (AvgIpc) is 3.34. The van der Waals surface area contributed by atoms with Crippen LogP contribution >= 0.6 is 0 Å². The molecule has 0 aliphatic carbocycles. The number of ether oxygens (including phenoxy) is 1. The molecule has 3 aliphatic rings. The Kier molecular flexibility index (Phi) is 4.77. The van der Waals surface area contributed by atoms with Gasteiger partial charge in [0, 0.05) is 25.8 Å². The number of fused-ring (bicyclic) bond motifs is 1. The van der Waals surface area contributed by atoms with Crippen molar-refractivity contribution in [1.82, 2.24) is 24.7 Å². The third kappa shape index (κ3) is 3.39. The molecule has 3 saturated heterocycles. The molecule has 0 atom stereocenters. The number of halogens is 3. The van der Waals surface area contributed by atoms with E-state index < -0.39 is 17.2 Å². The summed E-state index contributed by atoms with van der Waals surface area (Å²) in [6.07, 6.45) is 1.83. The van der Waals surface area contributed by atoms with Crippen molar-refractivity contribution in [2.45, 2.75) is 31.5 Å². The Morgan fingerprint density at radius 1 is 1.03 bits per heavy atom. The van der Waals surface area contributed by atoms with Gasteiger partial charge < -0.3 is 9.64 Å². The van der Waals surface area contributed by atoms with Crippen molar-refractivity contribution in [3.8, 4) is 0 Å². The molecule has 12 heteroatoms. The third-order valence-corrected chi connectivity index (χ3v) is 7.16. The van der Waals surface area contributed by atoms with E-state index in [0.717, 1.165) is 29.7 Å². The number of amides is 1. The van der Waals surface area contributed by atoms with Crippen molar-refractivity contribution in [3.63, 3.8) is 0 Å². The normalized spacial score (nSPS) is 21.0. The van der Waals surface area contributed by atoms with Crippen molar-refractivity contribution in [2.75, 3.05) is 42.6 Å². The van der Waals surface area contributed by atoms with E-state index in [1.54, 1.807) is 12.4 Å². The molecule has 1 amide bonds. The Balaban J connectivity index is 1.18. The summed E-state index contributed by atoms with van der Waals surface area (Å²) in [4.78, 5) is 30.2. The Labute approximate surface area is 192 Å². The number of carbonyl (C=O) groups excluding carboxylic acids is 1. The number of aromatic nitrogens is 5. The van der Waals surface area contributed by atoms with Gasteiger partial charge in [0.15, 0.2) is 5.65 Å². The highest BCUT2D eigenvalue weighted by Gasteiger charge is 2.49. The van der Waals surface area contributed by atoms with E-state index in [9.17, 15) is 18.0 Å². The summed E-state index contributed by atoms with van der Waals surface area (Å²) >= 11 is 0. The van der Waals surface area contributed by atoms with E-state index in [-0.39, 0.29) is 17.8 Å². The number of anilines is 2. The number of alkyl halides is 3. The van der Waals surface area contributed by atoms with Crippen LogP contribution in [0.1, 0.15) is 30.9 Å². The summed E-state index contributed by atoms with van der Waals surface area (Å²) < 4.78 is 46.5. The van der Waals surface area contributed by atoms with E-state index in [1.807, 2.05) is 4.68 Å². The standard InChI is InChI=1S/C22H22F3N7O2/c23-22(24,25)14-1-5-26-17(9-14)31-8-4-21(20(31)33)2-6-30(7-3-21)18-11-27-16-10-28-32(19(16)29-18)15-12-34-13-15/h1,5,9-11,15H,2-4,6-8,12-13H2. The van der Waals surface area contributed by atoms with Crippen LogP contribution in [0.25, 0.3) is 11.2 Å². The summed E-state index contributed by atoms with van der Waals surface area (Å²) in [5.41, 5.74) is 0.0431. The first-order valence-electron chi connectivity index (χ1n) is 11.2. The van der Waals surface area contributed by atoms with Crippen molar-refractivity contribution in [3.05, 3.63) is 36.3 Å². The van der Waals surface area contributed by atoms with Crippen LogP contribution in [0.5, 0.6) is 0 Å². The highest BCUT2D eigenvalue weighted by Crippen LogP contribution is 2.44. The van der Waals surface area contributed by atoms with Gasteiger partial charge in [-0.25, -0.2) is 19.6 Å². The van der Waals surface area contributed by atoms with Gasteiger partial charge in [-0.1, -0.05) is 0 Å². The number of nitrogens with zero attached hydrogens (tertiary/aromatic N) is 7. The van der Waals surface area contributed by atoms with Gasteiger partial charge in [0.25, 0.3) is 0 Å². The zero-order chi connectivity index (χ0) is 23.5. The minimum Gasteiger partial charge on any atom is -0.377 e. The molecule has 3 fully saturated rings. The van der Waals surface area contributed by atoms with Crippen molar-refractivity contribution < 1.29 is 22.7 Å². The highest BCUT2D eigenvalue weighted by atomic mass is 19.4. The maximum Gasteiger partial charge on any atom is 0.416 e. The molecular weight excluding hydrogens is 451 g/mol. The minimum atomic E-state index is -4.48. The molecule has 3 aromatic rings. The predicted molar refractivity (Wildman–Crippen MR) is 115 cm³/mol. The summed E-state index contributed by atoms with van der Waals surface area (Å²) in [5.74, 6) is 0.637. The smallest absolute Gasteiger partial charge is 0.377 e. The average molecular weight is 473 g/mol. The lowest BCUT2D eigenvalue weighted by Gasteiger charge is -2.38. The monoisotopic (exact) mass is 473 g/mol. The van der Waals surface area contributed by atoms with Crippen LogP contribution in [0, 0.1) is 5.41 Å². The molecule has 6 rings (SSSR count). The molecule has 9 nitrogen and oxygen atoms in total. The zero-order valence-electron chi connectivity index (χ0n) is 18.2. The molecule has 0 bridgehead atoms. The molecule has 3 aliphatic heterocycles. The van der Waals surface area contributed by atoms with Gasteiger partial charge in [-0.15, -0.1) is 0 Å². The fourth-order valence-corrected chi connectivity index (χ4v) is 5.00. The van der Waals surface area contributed by atoms with Crippen LogP contribution in [-0.4, -0.2) is 63.5 Å². The van der Waals surface area contributed by atoms with E-state index in [4.69, 9.17) is 9.72 Å². The number of rotatable bonds is 3. The largest absolute Gasteiger partial charge is 0.416 e. The number of piperidine rings is 1. The van der Waals surface area contributed by atoms with Gasteiger partial charge >= 0.3 is 6.18 Å². The van der Waals surface area contributed by atoms with Crippen molar-refractivity contribution >= 4 is 28.7 Å². The van der Waals surface area contributed by atoms with Gasteiger partial charge in [-0.3, -0.25) is 9.69 Å². The Morgan fingerprint density at radius 2 is 1.79 bits per heavy atom. The van der Waals surface area contributed by atoms with Crippen molar-refractivity contribution in [2.24, 2.45) is 5.41 Å². The first kappa shape index (κ1) is 21.3. The second kappa shape index (κ2) is 7.62. The number of pyridine rings is 1. The van der Waals surface area contributed by atoms with Crippen LogP contribution in [-0.2, 0) is 15.7 Å². The lowest BCUT2D eigenvalue weighted by Crippen LogP contribution is -2.45. The van der Waals surface area contributed by atoms with E-state index >= 15 is 0 Å². The topological polar surface area (TPSA) is 89.3 Å². The molecule has 0 N–H and O–H groups in total. The van der Waals surface area contributed by atoms with E-state index in [0.29, 0.717) is 57.8 Å². The first-order chi connectivity index (χ1) is 16.3. The van der Waals surface area contributed by atoms with Gasteiger partial charge in [0.2, 0.25) is 5.91 Å². The predicted octanol–water partition coefficient (Wildman–Crippen LogP) is 2.83. The maximum atomic E-state index is 13.3. The molecule has 3 aromatic heterocycles. The molecular formula is C22H22F3N7O2. The molecule has 0 unspecified atom stereocenters. The second-order valence-electron chi connectivity index (χ2n) is 9.09. The van der Waals surface area contributed by atoms with Gasteiger partial charge in [0.1, 0.15) is 23.2 Å². The lowest BCUT2D eigenvalue weighted by molar-refractivity contribution is -0.137. The Hall–Kier alpha value is -3.28. The first-order valence-corrected chi connectivity index (χ1v) is 11.2. The lowest BCUT2D eigenvalue weighted by atomic mass is 9.77. The minimum absolute atomic E-state index is 0.0590. The molecule has 0 saturated carbocycles. The van der Waals surface area contributed by atoms with E-state index in [2.05, 4.69) is 20.0 Å². The fourth-order valence-electron chi connectivity index (χ4n) is 5.00. The van der Waals surface area contributed by atoms with Crippen LogP contribution in [0.4, 0.5) is 24.8 Å². The van der Waals surface area contributed by atoms with Crippen molar-refractivity contribution in [1.29, 1.82) is 0 Å². The molecule has 34 heavy (non-hydrogen) atoms. The number of hydrogen-bond acceptors (Lipinski definition) is 7. The second-order valence-corrected chi connectivity index (χ2v) is 9.09. The number of hydrogen-bond donors (Lipinski definition) is 0. The Morgan fingerprint density at radius 3 is 2.50 bits per heavy atom. The maximum absolute atomic E-state index is 13.3. The summed E-state index contributed by atoms with van der Waals surface area (Å²) in [6.45, 7) is 2.79. The van der Waals surface area contributed by atoms with Crippen LogP contribution in [0.15, 0.2) is 30.7 Å². The summed E-state index contributed by atoms with van der Waals surface area (Å²) in [7, 11) is 0. The van der Waals surface area contributed by atoms with Gasteiger partial charge in [0.05, 0.1) is 36.6 Å². The molecule has 1 spiro atoms. The van der Waals surface area contributed by atoms with Crippen LogP contribution < -0.4 is 9.80 Å². The number of carbonyl (C=O) groups is 1. The van der Waals surface area contributed by atoms with E-state index in [1.165, 1.54) is 4.90 Å². The molecule has 6 heterocycles. The SMILES string of the molecule is O=C1N(c2cc(C(F)(F)F)ccn2)CCC12CCN(c1cnc3cnn(C4COC4)c3n1)CC2. The fraction of sp³-hybridized carbons (Fsp3) is 0.500. The molecule has 0 aromatic carbocycles. The van der Waals surface area contributed by atoms with Crippen LogP contribution in [0.3, 0.4) is 0 Å².